The van der Waals surface area contributed by atoms with Crippen molar-refractivity contribution in [1.29, 1.82) is 0 Å². The third kappa shape index (κ3) is 3.45. The highest BCUT2D eigenvalue weighted by atomic mass is 16.5. The molecule has 0 spiro atoms. The molecule has 0 bridgehead atoms. The molecule has 4 nitrogen and oxygen atoms in total. The van der Waals surface area contributed by atoms with E-state index >= 15 is 0 Å². The number of aldehydes is 1. The molecular formula is C24H20N2O2. The van der Waals surface area contributed by atoms with Crippen LogP contribution in [-0.2, 0) is 6.54 Å². The average Bonchev–Trinajstić information content (AvgIpc) is 3.13. The van der Waals surface area contributed by atoms with Crippen LogP contribution < -0.4 is 4.74 Å². The molecule has 3 aromatic carbocycles. The van der Waals surface area contributed by atoms with Crippen LogP contribution in [0.3, 0.4) is 0 Å². The van der Waals surface area contributed by atoms with Crippen molar-refractivity contribution in [3.63, 3.8) is 0 Å². The Hall–Kier alpha value is -3.66. The largest absolute Gasteiger partial charge is 0.497 e. The molecule has 0 saturated carbocycles. The predicted molar refractivity (Wildman–Crippen MR) is 111 cm³/mol. The number of aromatic nitrogens is 2. The summed E-state index contributed by atoms with van der Waals surface area (Å²) in [7, 11) is 1.65. The lowest BCUT2D eigenvalue weighted by atomic mass is 10.0. The van der Waals surface area contributed by atoms with E-state index in [9.17, 15) is 4.79 Å². The number of carbonyl (C=O) groups excluding carboxylic acids is 1. The first-order valence-corrected chi connectivity index (χ1v) is 9.09. The average molecular weight is 368 g/mol. The standard InChI is InChI=1S/C24H20N2O2/c1-28-21-14-12-18(13-15-21)16-26-22(17-27)25-23(19-8-4-2-5-9-19)24(26)20-10-6-3-7-11-20/h2-15,17H,16H2,1H3. The van der Waals surface area contributed by atoms with Crippen molar-refractivity contribution in [2.45, 2.75) is 6.54 Å². The summed E-state index contributed by atoms with van der Waals surface area (Å²) in [6.07, 6.45) is 0.822. The number of imidazole rings is 1. The van der Waals surface area contributed by atoms with Gasteiger partial charge in [-0.2, -0.15) is 0 Å². The smallest absolute Gasteiger partial charge is 0.185 e. The maximum atomic E-state index is 11.8. The molecule has 4 aromatic rings. The molecule has 0 radical (unpaired) electrons. The van der Waals surface area contributed by atoms with E-state index in [4.69, 9.17) is 4.74 Å². The Morgan fingerprint density at radius 1 is 0.857 bits per heavy atom. The van der Waals surface area contributed by atoms with Crippen LogP contribution in [0.2, 0.25) is 0 Å². The van der Waals surface area contributed by atoms with Gasteiger partial charge in [0.2, 0.25) is 0 Å². The third-order valence-corrected chi connectivity index (χ3v) is 4.70. The summed E-state index contributed by atoms with van der Waals surface area (Å²) >= 11 is 0. The molecule has 0 saturated heterocycles. The second kappa shape index (κ2) is 7.92. The summed E-state index contributed by atoms with van der Waals surface area (Å²) < 4.78 is 7.22. The minimum absolute atomic E-state index is 0.411. The molecule has 0 fully saturated rings. The third-order valence-electron chi connectivity index (χ3n) is 4.70. The molecule has 1 heterocycles. The number of ether oxygens (including phenoxy) is 1. The number of methoxy groups -OCH3 is 1. The molecule has 0 aliphatic heterocycles. The Labute approximate surface area is 164 Å². The van der Waals surface area contributed by atoms with Crippen LogP contribution in [0.1, 0.15) is 16.2 Å². The molecule has 0 aliphatic carbocycles. The van der Waals surface area contributed by atoms with Crippen molar-refractivity contribution in [1.82, 2.24) is 9.55 Å². The van der Waals surface area contributed by atoms with Crippen molar-refractivity contribution in [3.8, 4) is 28.3 Å². The van der Waals surface area contributed by atoms with Crippen molar-refractivity contribution >= 4 is 6.29 Å². The molecule has 0 N–H and O–H groups in total. The number of hydrogen-bond acceptors (Lipinski definition) is 3. The SMILES string of the molecule is COc1ccc(Cn2c(C=O)nc(-c3ccccc3)c2-c2ccccc2)cc1. The van der Waals surface area contributed by atoms with Crippen LogP contribution in [0.4, 0.5) is 0 Å². The highest BCUT2D eigenvalue weighted by Gasteiger charge is 2.19. The zero-order chi connectivity index (χ0) is 19.3. The number of nitrogens with zero attached hydrogens (tertiary/aromatic N) is 2. The number of carbonyl (C=O) groups is 1. The Bertz CT molecular complexity index is 1070. The van der Waals surface area contributed by atoms with Gasteiger partial charge in [-0.15, -0.1) is 0 Å². The fourth-order valence-corrected chi connectivity index (χ4v) is 3.32. The molecule has 138 valence electrons. The molecule has 1 aromatic heterocycles. The van der Waals surface area contributed by atoms with Crippen molar-refractivity contribution < 1.29 is 9.53 Å². The highest BCUT2D eigenvalue weighted by Crippen LogP contribution is 2.33. The Morgan fingerprint density at radius 3 is 2.04 bits per heavy atom. The molecule has 4 heteroatoms. The molecule has 0 amide bonds. The highest BCUT2D eigenvalue weighted by molar-refractivity contribution is 5.83. The Morgan fingerprint density at radius 2 is 1.46 bits per heavy atom. The van der Waals surface area contributed by atoms with Crippen LogP contribution in [0.5, 0.6) is 5.75 Å². The number of rotatable bonds is 6. The van der Waals surface area contributed by atoms with Gasteiger partial charge in [-0.05, 0) is 17.7 Å². The van der Waals surface area contributed by atoms with Gasteiger partial charge in [0.25, 0.3) is 0 Å². The minimum Gasteiger partial charge on any atom is -0.497 e. The van der Waals surface area contributed by atoms with Crippen LogP contribution in [-0.4, -0.2) is 22.9 Å². The van der Waals surface area contributed by atoms with Gasteiger partial charge >= 0.3 is 0 Å². The summed E-state index contributed by atoms with van der Waals surface area (Å²) in [6.45, 7) is 0.544. The van der Waals surface area contributed by atoms with E-state index < -0.39 is 0 Å². The maximum absolute atomic E-state index is 11.8. The summed E-state index contributed by atoms with van der Waals surface area (Å²) in [6, 6.07) is 27.9. The molecule has 4 rings (SSSR count). The number of benzene rings is 3. The van der Waals surface area contributed by atoms with Gasteiger partial charge in [-0.3, -0.25) is 4.79 Å². The van der Waals surface area contributed by atoms with E-state index in [1.807, 2.05) is 89.5 Å². The molecule has 28 heavy (non-hydrogen) atoms. The molecule has 0 unspecified atom stereocenters. The van der Waals surface area contributed by atoms with Gasteiger partial charge in [-0.1, -0.05) is 72.8 Å². The lowest BCUT2D eigenvalue weighted by Crippen LogP contribution is -2.06. The van der Waals surface area contributed by atoms with Gasteiger partial charge in [0.15, 0.2) is 12.1 Å². The predicted octanol–water partition coefficient (Wildman–Crippen LogP) is 5.09. The van der Waals surface area contributed by atoms with Crippen molar-refractivity contribution in [2.75, 3.05) is 7.11 Å². The first kappa shape index (κ1) is 17.7. The van der Waals surface area contributed by atoms with Crippen molar-refractivity contribution in [2.24, 2.45) is 0 Å². The zero-order valence-electron chi connectivity index (χ0n) is 15.6. The van der Waals surface area contributed by atoms with E-state index in [0.29, 0.717) is 12.4 Å². The quantitative estimate of drug-likeness (QED) is 0.446. The fraction of sp³-hybridized carbons (Fsp3) is 0.0833. The second-order valence-corrected chi connectivity index (χ2v) is 6.45. The topological polar surface area (TPSA) is 44.1 Å². The number of hydrogen-bond donors (Lipinski definition) is 0. The molecular weight excluding hydrogens is 348 g/mol. The normalized spacial score (nSPS) is 10.6. The minimum atomic E-state index is 0.411. The first-order valence-electron chi connectivity index (χ1n) is 9.09. The summed E-state index contributed by atoms with van der Waals surface area (Å²) in [5.41, 5.74) is 4.82. The second-order valence-electron chi connectivity index (χ2n) is 6.45. The van der Waals surface area contributed by atoms with Crippen molar-refractivity contribution in [3.05, 3.63) is 96.3 Å². The van der Waals surface area contributed by atoms with E-state index in [1.54, 1.807) is 7.11 Å². The summed E-state index contributed by atoms with van der Waals surface area (Å²) in [5, 5.41) is 0. The lowest BCUT2D eigenvalue weighted by Gasteiger charge is -2.12. The Kier molecular flexibility index (Phi) is 5.02. The fourth-order valence-electron chi connectivity index (χ4n) is 3.32. The molecule has 0 atom stereocenters. The van der Waals surface area contributed by atoms with Gasteiger partial charge in [-0.25, -0.2) is 4.98 Å². The lowest BCUT2D eigenvalue weighted by molar-refractivity contribution is 0.111. The maximum Gasteiger partial charge on any atom is 0.185 e. The van der Waals surface area contributed by atoms with Crippen LogP contribution >= 0.6 is 0 Å². The van der Waals surface area contributed by atoms with Gasteiger partial charge in [0.1, 0.15) is 5.75 Å². The van der Waals surface area contributed by atoms with Gasteiger partial charge in [0, 0.05) is 17.7 Å². The Balaban J connectivity index is 1.88. The van der Waals surface area contributed by atoms with E-state index in [1.165, 1.54) is 0 Å². The summed E-state index contributed by atoms with van der Waals surface area (Å²) in [4.78, 5) is 16.5. The van der Waals surface area contributed by atoms with Crippen LogP contribution in [0.25, 0.3) is 22.5 Å². The van der Waals surface area contributed by atoms with E-state index in [-0.39, 0.29) is 0 Å². The summed E-state index contributed by atoms with van der Waals surface area (Å²) in [5.74, 6) is 1.21. The van der Waals surface area contributed by atoms with Crippen LogP contribution in [0, 0.1) is 0 Å². The van der Waals surface area contributed by atoms with Gasteiger partial charge < -0.3 is 9.30 Å². The first-order chi connectivity index (χ1) is 13.8. The van der Waals surface area contributed by atoms with Gasteiger partial charge in [0.05, 0.1) is 18.5 Å². The van der Waals surface area contributed by atoms with Crippen LogP contribution in [0.15, 0.2) is 84.9 Å². The zero-order valence-corrected chi connectivity index (χ0v) is 15.6. The monoisotopic (exact) mass is 368 g/mol. The van der Waals surface area contributed by atoms with E-state index in [0.717, 1.165) is 40.1 Å². The molecule has 0 aliphatic rings. The van der Waals surface area contributed by atoms with E-state index in [2.05, 4.69) is 4.98 Å².